The highest BCUT2D eigenvalue weighted by atomic mass is 16.5. The molecule has 84 valence electrons. The number of ether oxygens (including phenoxy) is 1. The van der Waals surface area contributed by atoms with Gasteiger partial charge in [-0.2, -0.15) is 0 Å². The molecule has 1 amide bonds. The number of aromatic nitrogens is 2. The van der Waals surface area contributed by atoms with E-state index in [9.17, 15) is 4.79 Å². The van der Waals surface area contributed by atoms with Crippen LogP contribution >= 0.6 is 0 Å². The molecular weight excluding hydrogens is 196 g/mol. The number of rotatable bonds is 6. The van der Waals surface area contributed by atoms with Gasteiger partial charge in [0.25, 0.3) is 0 Å². The molecule has 0 aromatic carbocycles. The maximum absolute atomic E-state index is 10.2. The minimum Gasteiger partial charge on any atom is -0.448 e. The molecule has 1 aromatic heterocycles. The molecule has 0 saturated heterocycles. The molecule has 6 heteroatoms. The predicted octanol–water partition coefficient (Wildman–Crippen LogP) is -0.124. The molecule has 1 aromatic rings. The Balaban J connectivity index is 2.03. The summed E-state index contributed by atoms with van der Waals surface area (Å²) < 4.78 is 6.60. The van der Waals surface area contributed by atoms with Crippen molar-refractivity contribution in [3.63, 3.8) is 0 Å². The van der Waals surface area contributed by atoms with E-state index in [1.807, 2.05) is 17.7 Å². The summed E-state index contributed by atoms with van der Waals surface area (Å²) >= 11 is 0. The number of carbonyl (C=O) groups excluding carboxylic acids is 1. The molecule has 0 aliphatic carbocycles. The van der Waals surface area contributed by atoms with Gasteiger partial charge >= 0.3 is 6.09 Å². The molecule has 15 heavy (non-hydrogen) atoms. The van der Waals surface area contributed by atoms with Crippen LogP contribution in [0.1, 0.15) is 5.82 Å². The molecule has 0 aliphatic rings. The SMILES string of the molecule is Cc1nccn1CCNCCOC(N)=O. The molecule has 0 unspecified atom stereocenters. The molecule has 6 nitrogen and oxygen atoms in total. The number of primary amides is 1. The molecule has 3 N–H and O–H groups in total. The van der Waals surface area contributed by atoms with Crippen molar-refractivity contribution >= 4 is 6.09 Å². The highest BCUT2D eigenvalue weighted by Gasteiger charge is 1.96. The maximum Gasteiger partial charge on any atom is 0.404 e. The summed E-state index contributed by atoms with van der Waals surface area (Å²) in [5, 5.41) is 3.12. The van der Waals surface area contributed by atoms with Gasteiger partial charge in [-0.05, 0) is 6.92 Å². The zero-order valence-corrected chi connectivity index (χ0v) is 8.77. The number of aryl methyl sites for hydroxylation is 1. The van der Waals surface area contributed by atoms with Crippen LogP contribution in [0.25, 0.3) is 0 Å². The molecule has 1 rings (SSSR count). The van der Waals surface area contributed by atoms with Crippen LogP contribution in [0.2, 0.25) is 0 Å². The van der Waals surface area contributed by atoms with Gasteiger partial charge < -0.3 is 20.4 Å². The minimum absolute atomic E-state index is 0.304. The van der Waals surface area contributed by atoms with Crippen LogP contribution in [0, 0.1) is 6.92 Å². The quantitative estimate of drug-likeness (QED) is 0.644. The lowest BCUT2D eigenvalue weighted by atomic mass is 10.5. The van der Waals surface area contributed by atoms with Gasteiger partial charge in [0, 0.05) is 32.0 Å². The van der Waals surface area contributed by atoms with Crippen LogP contribution < -0.4 is 11.1 Å². The summed E-state index contributed by atoms with van der Waals surface area (Å²) in [6.45, 7) is 4.52. The lowest BCUT2D eigenvalue weighted by Crippen LogP contribution is -2.26. The van der Waals surface area contributed by atoms with E-state index >= 15 is 0 Å². The molecule has 1 heterocycles. The van der Waals surface area contributed by atoms with Crippen molar-refractivity contribution in [1.82, 2.24) is 14.9 Å². The van der Waals surface area contributed by atoms with Crippen LogP contribution in [0.4, 0.5) is 4.79 Å². The van der Waals surface area contributed by atoms with Crippen molar-refractivity contribution in [3.05, 3.63) is 18.2 Å². The number of nitrogens with two attached hydrogens (primary N) is 1. The highest BCUT2D eigenvalue weighted by Crippen LogP contribution is 1.92. The second kappa shape index (κ2) is 6.02. The van der Waals surface area contributed by atoms with Gasteiger partial charge in [0.1, 0.15) is 12.4 Å². The molecule has 0 radical (unpaired) electrons. The average Bonchev–Trinajstić information content (AvgIpc) is 2.57. The largest absolute Gasteiger partial charge is 0.448 e. The summed E-state index contributed by atoms with van der Waals surface area (Å²) in [4.78, 5) is 14.3. The van der Waals surface area contributed by atoms with Gasteiger partial charge in [-0.1, -0.05) is 0 Å². The Morgan fingerprint density at radius 1 is 1.67 bits per heavy atom. The van der Waals surface area contributed by atoms with Crippen LogP contribution in [-0.4, -0.2) is 35.3 Å². The molecule has 0 saturated carbocycles. The van der Waals surface area contributed by atoms with Crippen molar-refractivity contribution in [2.24, 2.45) is 5.73 Å². The fourth-order valence-electron chi connectivity index (χ4n) is 1.19. The fraction of sp³-hybridized carbons (Fsp3) is 0.556. The summed E-state index contributed by atoms with van der Waals surface area (Å²) in [6, 6.07) is 0. The van der Waals surface area contributed by atoms with Crippen molar-refractivity contribution in [2.75, 3.05) is 19.7 Å². The van der Waals surface area contributed by atoms with Gasteiger partial charge in [-0.15, -0.1) is 0 Å². The molecular formula is C9H16N4O2. The van der Waals surface area contributed by atoms with E-state index in [-0.39, 0.29) is 0 Å². The van der Waals surface area contributed by atoms with Gasteiger partial charge in [0.05, 0.1) is 0 Å². The number of imidazole rings is 1. The standard InChI is InChI=1S/C9H16N4O2/c1-8-12-3-6-13(8)5-2-11-4-7-15-9(10)14/h3,6,11H,2,4-5,7H2,1H3,(H2,10,14). The van der Waals surface area contributed by atoms with E-state index in [2.05, 4.69) is 15.0 Å². The predicted molar refractivity (Wildman–Crippen MR) is 55.4 cm³/mol. The van der Waals surface area contributed by atoms with Crippen molar-refractivity contribution in [2.45, 2.75) is 13.5 Å². The molecule has 0 aliphatic heterocycles. The molecule has 0 atom stereocenters. The highest BCUT2D eigenvalue weighted by molar-refractivity contribution is 5.64. The molecule has 0 fully saturated rings. The average molecular weight is 212 g/mol. The number of nitrogens with zero attached hydrogens (tertiary/aromatic N) is 2. The zero-order valence-electron chi connectivity index (χ0n) is 8.77. The van der Waals surface area contributed by atoms with E-state index in [4.69, 9.17) is 5.73 Å². The molecule has 0 bridgehead atoms. The third-order valence-electron chi connectivity index (χ3n) is 1.98. The van der Waals surface area contributed by atoms with Gasteiger partial charge in [0.15, 0.2) is 0 Å². The lowest BCUT2D eigenvalue weighted by molar-refractivity contribution is 0.157. The van der Waals surface area contributed by atoms with Crippen molar-refractivity contribution in [3.8, 4) is 0 Å². The zero-order chi connectivity index (χ0) is 11.1. The van der Waals surface area contributed by atoms with Crippen LogP contribution in [-0.2, 0) is 11.3 Å². The van der Waals surface area contributed by atoms with Gasteiger partial charge in [-0.3, -0.25) is 0 Å². The van der Waals surface area contributed by atoms with E-state index < -0.39 is 6.09 Å². The van der Waals surface area contributed by atoms with Gasteiger partial charge in [0.2, 0.25) is 0 Å². The number of hydrogen-bond acceptors (Lipinski definition) is 4. The van der Waals surface area contributed by atoms with Crippen LogP contribution in [0.3, 0.4) is 0 Å². The summed E-state index contributed by atoms with van der Waals surface area (Å²) in [5.41, 5.74) is 4.80. The Bertz CT molecular complexity index is 311. The van der Waals surface area contributed by atoms with Crippen molar-refractivity contribution in [1.29, 1.82) is 0 Å². The normalized spacial score (nSPS) is 10.2. The Kier molecular flexibility index (Phi) is 4.62. The van der Waals surface area contributed by atoms with Crippen molar-refractivity contribution < 1.29 is 9.53 Å². The Morgan fingerprint density at radius 3 is 3.07 bits per heavy atom. The number of amides is 1. The van der Waals surface area contributed by atoms with E-state index in [0.29, 0.717) is 13.2 Å². The monoisotopic (exact) mass is 212 g/mol. The maximum atomic E-state index is 10.2. The van der Waals surface area contributed by atoms with Crippen LogP contribution in [0.15, 0.2) is 12.4 Å². The third-order valence-corrected chi connectivity index (χ3v) is 1.98. The lowest BCUT2D eigenvalue weighted by Gasteiger charge is -2.06. The third kappa shape index (κ3) is 4.46. The second-order valence-corrected chi connectivity index (χ2v) is 3.09. The fourth-order valence-corrected chi connectivity index (χ4v) is 1.19. The number of nitrogens with one attached hydrogen (secondary N) is 1. The summed E-state index contributed by atoms with van der Waals surface area (Å²) in [5.74, 6) is 0.991. The topological polar surface area (TPSA) is 82.2 Å². The first-order valence-corrected chi connectivity index (χ1v) is 4.81. The summed E-state index contributed by atoms with van der Waals surface area (Å²) in [7, 11) is 0. The first-order valence-electron chi connectivity index (χ1n) is 4.81. The Morgan fingerprint density at radius 2 is 2.47 bits per heavy atom. The van der Waals surface area contributed by atoms with Gasteiger partial charge in [-0.25, -0.2) is 9.78 Å². The number of carbonyl (C=O) groups is 1. The van der Waals surface area contributed by atoms with Crippen LogP contribution in [0.5, 0.6) is 0 Å². The molecule has 0 spiro atoms. The Labute approximate surface area is 88.4 Å². The second-order valence-electron chi connectivity index (χ2n) is 3.09. The van der Waals surface area contributed by atoms with E-state index in [0.717, 1.165) is 18.9 Å². The first-order chi connectivity index (χ1) is 7.20. The minimum atomic E-state index is -0.734. The first kappa shape index (κ1) is 11.5. The summed E-state index contributed by atoms with van der Waals surface area (Å²) in [6.07, 6.45) is 2.96. The Hall–Kier alpha value is -1.56. The van der Waals surface area contributed by atoms with E-state index in [1.54, 1.807) is 6.20 Å². The smallest absolute Gasteiger partial charge is 0.404 e. The van der Waals surface area contributed by atoms with E-state index in [1.165, 1.54) is 0 Å². The number of hydrogen-bond donors (Lipinski definition) is 2.